The maximum absolute atomic E-state index is 13.2. The summed E-state index contributed by atoms with van der Waals surface area (Å²) in [6.07, 6.45) is 2.30. The maximum atomic E-state index is 13.2. The lowest BCUT2D eigenvalue weighted by Crippen LogP contribution is -2.22. The van der Waals surface area contributed by atoms with E-state index < -0.39 is 0 Å². The van der Waals surface area contributed by atoms with Gasteiger partial charge in [0.1, 0.15) is 0 Å². The molecule has 0 saturated heterocycles. The van der Waals surface area contributed by atoms with Crippen LogP contribution in [0.2, 0.25) is 5.02 Å². The summed E-state index contributed by atoms with van der Waals surface area (Å²) in [4.78, 5) is 17.9. The highest BCUT2D eigenvalue weighted by molar-refractivity contribution is 7.99. The summed E-state index contributed by atoms with van der Waals surface area (Å²) < 4.78 is 1.66. The Kier molecular flexibility index (Phi) is 6.77. The molecule has 0 aliphatic heterocycles. The van der Waals surface area contributed by atoms with Crippen molar-refractivity contribution in [3.05, 3.63) is 63.4 Å². The highest BCUT2D eigenvalue weighted by atomic mass is 35.5. The van der Waals surface area contributed by atoms with E-state index in [1.807, 2.05) is 12.1 Å². The van der Waals surface area contributed by atoms with Gasteiger partial charge < -0.3 is 0 Å². The monoisotopic (exact) mass is 411 g/mol. The second kappa shape index (κ2) is 9.27. The summed E-state index contributed by atoms with van der Waals surface area (Å²) in [5.41, 5.74) is 2.53. The average Bonchev–Trinajstić information content (AvgIpc) is 2.70. The van der Waals surface area contributed by atoms with E-state index in [2.05, 4.69) is 32.0 Å². The van der Waals surface area contributed by atoms with Gasteiger partial charge in [0.05, 0.1) is 22.7 Å². The van der Waals surface area contributed by atoms with Crippen LogP contribution in [0.1, 0.15) is 44.6 Å². The number of unbranched alkanes of at least 4 members (excludes halogenated alkanes) is 1. The lowest BCUT2D eigenvalue weighted by molar-refractivity contribution is 0.732. The average molecular weight is 412 g/mol. The zero-order valence-corrected chi connectivity index (χ0v) is 17.6. The summed E-state index contributed by atoms with van der Waals surface area (Å²) in [5.74, 6) is 1.19. The van der Waals surface area contributed by atoms with E-state index in [1.54, 1.807) is 22.8 Å². The van der Waals surface area contributed by atoms with Crippen molar-refractivity contribution in [3.63, 3.8) is 0 Å². The molecule has 0 saturated carbocycles. The minimum atomic E-state index is -0.110. The molecule has 1 atom stereocenters. The molecule has 0 aliphatic rings. The summed E-state index contributed by atoms with van der Waals surface area (Å²) in [5, 5.41) is 10.5. The second-order valence-corrected chi connectivity index (χ2v) is 8.21. The molecule has 2 aromatic carbocycles. The molecule has 0 N–H and O–H groups in total. The van der Waals surface area contributed by atoms with E-state index in [0.717, 1.165) is 24.3 Å². The van der Waals surface area contributed by atoms with Gasteiger partial charge >= 0.3 is 0 Å². The molecule has 28 heavy (non-hydrogen) atoms. The van der Waals surface area contributed by atoms with Crippen molar-refractivity contribution in [2.45, 2.75) is 44.2 Å². The number of nitrogens with zero attached hydrogens (tertiary/aromatic N) is 3. The summed E-state index contributed by atoms with van der Waals surface area (Å²) in [6, 6.07) is 15.4. The normalized spacial score (nSPS) is 12.1. The van der Waals surface area contributed by atoms with Gasteiger partial charge in [0.25, 0.3) is 5.56 Å². The van der Waals surface area contributed by atoms with Gasteiger partial charge in [-0.2, -0.15) is 5.26 Å². The first-order valence-electron chi connectivity index (χ1n) is 9.37. The van der Waals surface area contributed by atoms with E-state index >= 15 is 0 Å². The summed E-state index contributed by atoms with van der Waals surface area (Å²) in [7, 11) is 0. The molecule has 3 aromatic rings. The van der Waals surface area contributed by atoms with Crippen LogP contribution in [0.25, 0.3) is 16.6 Å². The van der Waals surface area contributed by atoms with Crippen LogP contribution in [0.3, 0.4) is 0 Å². The quantitative estimate of drug-likeness (QED) is 0.274. The minimum absolute atomic E-state index is 0.110. The first-order chi connectivity index (χ1) is 13.5. The molecule has 0 spiro atoms. The third kappa shape index (κ3) is 4.40. The third-order valence-electron chi connectivity index (χ3n) is 4.80. The van der Waals surface area contributed by atoms with Crippen molar-refractivity contribution in [1.29, 1.82) is 5.26 Å². The molecule has 1 heterocycles. The topological polar surface area (TPSA) is 58.7 Å². The Morgan fingerprint density at radius 2 is 2.00 bits per heavy atom. The molecule has 4 nitrogen and oxygen atoms in total. The third-order valence-corrected chi connectivity index (χ3v) is 6.06. The SMILES string of the molecule is CC[C@@H](C)c1ccc(-n2c(SCCCC#N)nc3cc(Cl)ccc3c2=O)cc1. The summed E-state index contributed by atoms with van der Waals surface area (Å²) >= 11 is 7.58. The van der Waals surface area contributed by atoms with Crippen LogP contribution in [-0.4, -0.2) is 15.3 Å². The predicted octanol–water partition coefficient (Wildman–Crippen LogP) is 5.95. The van der Waals surface area contributed by atoms with E-state index in [4.69, 9.17) is 21.8 Å². The van der Waals surface area contributed by atoms with Gasteiger partial charge in [-0.1, -0.05) is 49.3 Å². The van der Waals surface area contributed by atoms with Crippen LogP contribution in [0.15, 0.2) is 52.4 Å². The molecule has 1 aromatic heterocycles. The molecule has 0 radical (unpaired) electrons. The van der Waals surface area contributed by atoms with Crippen molar-refractivity contribution in [2.24, 2.45) is 0 Å². The smallest absolute Gasteiger partial charge is 0.266 e. The number of benzene rings is 2. The van der Waals surface area contributed by atoms with Crippen LogP contribution in [0.4, 0.5) is 0 Å². The predicted molar refractivity (Wildman–Crippen MR) is 117 cm³/mol. The van der Waals surface area contributed by atoms with Crippen LogP contribution in [0.5, 0.6) is 0 Å². The zero-order valence-electron chi connectivity index (χ0n) is 16.0. The fourth-order valence-electron chi connectivity index (χ4n) is 2.97. The Morgan fingerprint density at radius 3 is 2.68 bits per heavy atom. The molecule has 6 heteroatoms. The van der Waals surface area contributed by atoms with Gasteiger partial charge in [-0.05, 0) is 54.7 Å². The first kappa shape index (κ1) is 20.4. The molecule has 0 unspecified atom stereocenters. The van der Waals surface area contributed by atoms with Crippen LogP contribution in [0, 0.1) is 11.3 Å². The van der Waals surface area contributed by atoms with E-state index in [1.165, 1.54) is 17.3 Å². The van der Waals surface area contributed by atoms with Crippen molar-refractivity contribution >= 4 is 34.3 Å². The lowest BCUT2D eigenvalue weighted by Gasteiger charge is -2.15. The Morgan fingerprint density at radius 1 is 1.25 bits per heavy atom. The van der Waals surface area contributed by atoms with Crippen molar-refractivity contribution in [2.75, 3.05) is 5.75 Å². The Hall–Kier alpha value is -2.29. The van der Waals surface area contributed by atoms with Crippen molar-refractivity contribution < 1.29 is 0 Å². The van der Waals surface area contributed by atoms with E-state index in [0.29, 0.717) is 33.4 Å². The highest BCUT2D eigenvalue weighted by Crippen LogP contribution is 2.25. The van der Waals surface area contributed by atoms with Gasteiger partial charge in [-0.25, -0.2) is 4.98 Å². The van der Waals surface area contributed by atoms with Crippen LogP contribution < -0.4 is 5.56 Å². The van der Waals surface area contributed by atoms with Gasteiger partial charge in [-0.3, -0.25) is 9.36 Å². The fourth-order valence-corrected chi connectivity index (χ4v) is 4.08. The van der Waals surface area contributed by atoms with E-state index in [9.17, 15) is 4.79 Å². The van der Waals surface area contributed by atoms with Gasteiger partial charge in [-0.15, -0.1) is 0 Å². The minimum Gasteiger partial charge on any atom is -0.268 e. The lowest BCUT2D eigenvalue weighted by atomic mass is 9.98. The molecule has 0 aliphatic carbocycles. The summed E-state index contributed by atoms with van der Waals surface area (Å²) in [6.45, 7) is 4.36. The Labute approximate surface area is 174 Å². The van der Waals surface area contributed by atoms with Crippen LogP contribution >= 0.6 is 23.4 Å². The maximum Gasteiger partial charge on any atom is 0.266 e. The number of hydrogen-bond acceptors (Lipinski definition) is 4. The van der Waals surface area contributed by atoms with Gasteiger partial charge in [0.2, 0.25) is 0 Å². The van der Waals surface area contributed by atoms with Crippen molar-refractivity contribution in [3.8, 4) is 11.8 Å². The molecular formula is C22H22ClN3OS. The zero-order chi connectivity index (χ0) is 20.1. The number of aromatic nitrogens is 2. The number of fused-ring (bicyclic) bond motifs is 1. The fraction of sp³-hybridized carbons (Fsp3) is 0.318. The molecule has 0 amide bonds. The molecule has 3 rings (SSSR count). The molecule has 144 valence electrons. The first-order valence-corrected chi connectivity index (χ1v) is 10.7. The van der Waals surface area contributed by atoms with Gasteiger partial charge in [0.15, 0.2) is 5.16 Å². The Bertz CT molecular complexity index is 1070. The van der Waals surface area contributed by atoms with Gasteiger partial charge in [0, 0.05) is 17.2 Å². The number of nitriles is 1. The number of hydrogen-bond donors (Lipinski definition) is 0. The van der Waals surface area contributed by atoms with Crippen molar-refractivity contribution in [1.82, 2.24) is 9.55 Å². The largest absolute Gasteiger partial charge is 0.268 e. The standard InChI is InChI=1S/C22H22ClN3OS/c1-3-15(2)16-6-9-18(10-7-16)26-21(27)19-11-8-17(23)14-20(19)25-22(26)28-13-5-4-12-24/h6-11,14-15H,3-5,13H2,1-2H3/t15-/m1/s1. The molecule has 0 fully saturated rings. The van der Waals surface area contributed by atoms with Crippen LogP contribution in [-0.2, 0) is 0 Å². The second-order valence-electron chi connectivity index (χ2n) is 6.71. The van der Waals surface area contributed by atoms with E-state index in [-0.39, 0.29) is 5.56 Å². The number of rotatable bonds is 7. The Balaban J connectivity index is 2.10. The highest BCUT2D eigenvalue weighted by Gasteiger charge is 2.14. The molecular weight excluding hydrogens is 390 g/mol. The number of halogens is 1. The number of thioether (sulfide) groups is 1. The molecule has 0 bridgehead atoms.